The maximum atomic E-state index is 5.93. The quantitative estimate of drug-likeness (QED) is 0.224. The third-order valence-corrected chi connectivity index (χ3v) is 4.61. The zero-order chi connectivity index (χ0) is 16.3. The number of nitrogens with two attached hydrogens (primary N) is 1. The SMILES string of the molecule is CCCCCCCC/C=C\CCCCCCCCC(N)CC. The predicted molar refractivity (Wildman–Crippen MR) is 102 cm³/mol. The smallest absolute Gasteiger partial charge is 0.00362 e. The van der Waals surface area contributed by atoms with Gasteiger partial charge in [0.15, 0.2) is 0 Å². The molecule has 0 aliphatic carbocycles. The van der Waals surface area contributed by atoms with Crippen LogP contribution in [0.3, 0.4) is 0 Å². The van der Waals surface area contributed by atoms with Crippen LogP contribution >= 0.6 is 0 Å². The Hall–Kier alpha value is -0.300. The van der Waals surface area contributed by atoms with Crippen LogP contribution < -0.4 is 5.73 Å². The van der Waals surface area contributed by atoms with Crippen molar-refractivity contribution >= 4 is 0 Å². The Bertz CT molecular complexity index is 222. The average Bonchev–Trinajstić information content (AvgIpc) is 2.54. The van der Waals surface area contributed by atoms with Gasteiger partial charge in [-0.25, -0.2) is 0 Å². The molecular formula is C21H43N. The fraction of sp³-hybridized carbons (Fsp3) is 0.905. The number of hydrogen-bond donors (Lipinski definition) is 1. The van der Waals surface area contributed by atoms with E-state index in [0.29, 0.717) is 6.04 Å². The molecule has 0 aromatic rings. The van der Waals surface area contributed by atoms with E-state index in [1.54, 1.807) is 0 Å². The maximum absolute atomic E-state index is 5.93. The minimum atomic E-state index is 0.441. The first-order chi connectivity index (χ1) is 10.8. The highest BCUT2D eigenvalue weighted by Crippen LogP contribution is 2.11. The molecule has 0 aliphatic heterocycles. The first-order valence-electron chi connectivity index (χ1n) is 10.2. The molecule has 1 atom stereocenters. The molecule has 0 heterocycles. The van der Waals surface area contributed by atoms with Gasteiger partial charge in [0.2, 0.25) is 0 Å². The second kappa shape index (κ2) is 18.7. The number of rotatable bonds is 17. The molecule has 1 nitrogen and oxygen atoms in total. The lowest BCUT2D eigenvalue weighted by Crippen LogP contribution is -2.17. The fourth-order valence-corrected chi connectivity index (χ4v) is 2.86. The molecule has 2 N–H and O–H groups in total. The monoisotopic (exact) mass is 309 g/mol. The largest absolute Gasteiger partial charge is 0.328 e. The molecule has 0 aromatic carbocycles. The average molecular weight is 310 g/mol. The van der Waals surface area contributed by atoms with E-state index in [1.165, 1.54) is 96.3 Å². The summed E-state index contributed by atoms with van der Waals surface area (Å²) in [6.07, 6.45) is 26.5. The molecule has 0 spiro atoms. The molecule has 22 heavy (non-hydrogen) atoms. The molecule has 0 fully saturated rings. The van der Waals surface area contributed by atoms with Crippen LogP contribution in [0.25, 0.3) is 0 Å². The lowest BCUT2D eigenvalue weighted by atomic mass is 10.0. The predicted octanol–water partition coefficient (Wildman–Crippen LogP) is 7.15. The number of allylic oxidation sites excluding steroid dienone is 2. The van der Waals surface area contributed by atoms with Crippen LogP contribution in [0.1, 0.15) is 117 Å². The summed E-state index contributed by atoms with van der Waals surface area (Å²) in [4.78, 5) is 0. The molecule has 1 heteroatoms. The summed E-state index contributed by atoms with van der Waals surface area (Å²) in [5, 5.41) is 0. The van der Waals surface area contributed by atoms with Gasteiger partial charge in [-0.05, 0) is 38.5 Å². The summed E-state index contributed by atoms with van der Waals surface area (Å²) in [6.45, 7) is 4.47. The first-order valence-corrected chi connectivity index (χ1v) is 10.2. The van der Waals surface area contributed by atoms with Crippen LogP contribution in [0.2, 0.25) is 0 Å². The molecular weight excluding hydrogens is 266 g/mol. The van der Waals surface area contributed by atoms with Gasteiger partial charge in [0.1, 0.15) is 0 Å². The normalized spacial score (nSPS) is 13.0. The van der Waals surface area contributed by atoms with E-state index in [4.69, 9.17) is 5.73 Å². The topological polar surface area (TPSA) is 26.0 Å². The second-order valence-corrected chi connectivity index (χ2v) is 6.89. The Morgan fingerprint density at radius 2 is 1.09 bits per heavy atom. The van der Waals surface area contributed by atoms with Crippen LogP contribution in [-0.2, 0) is 0 Å². The lowest BCUT2D eigenvalue weighted by Gasteiger charge is -2.07. The lowest BCUT2D eigenvalue weighted by molar-refractivity contribution is 0.523. The molecule has 0 saturated carbocycles. The zero-order valence-electron chi connectivity index (χ0n) is 15.6. The van der Waals surface area contributed by atoms with Crippen molar-refractivity contribution in [2.75, 3.05) is 0 Å². The standard InChI is InChI=1S/C21H43N/c1-3-5-6-7-8-9-10-11-12-13-14-15-16-17-18-19-20-21(22)4-2/h11-12,21H,3-10,13-20,22H2,1-2H3/b12-11-. The highest BCUT2D eigenvalue weighted by Gasteiger charge is 1.98. The summed E-state index contributed by atoms with van der Waals surface area (Å²) < 4.78 is 0. The van der Waals surface area contributed by atoms with Gasteiger partial charge >= 0.3 is 0 Å². The number of unbranched alkanes of at least 4 members (excludes halogenated alkanes) is 12. The van der Waals surface area contributed by atoms with E-state index in [1.807, 2.05) is 0 Å². The third kappa shape index (κ3) is 17.8. The van der Waals surface area contributed by atoms with Crippen LogP contribution in [0, 0.1) is 0 Å². The van der Waals surface area contributed by atoms with E-state index in [0.717, 1.165) is 6.42 Å². The Morgan fingerprint density at radius 3 is 1.59 bits per heavy atom. The van der Waals surface area contributed by atoms with Crippen molar-refractivity contribution in [3.05, 3.63) is 12.2 Å². The van der Waals surface area contributed by atoms with Crippen molar-refractivity contribution in [3.8, 4) is 0 Å². The molecule has 132 valence electrons. The van der Waals surface area contributed by atoms with Crippen molar-refractivity contribution < 1.29 is 0 Å². The Kier molecular flexibility index (Phi) is 18.5. The summed E-state index contributed by atoms with van der Waals surface area (Å²) in [5.74, 6) is 0. The van der Waals surface area contributed by atoms with E-state index in [-0.39, 0.29) is 0 Å². The fourth-order valence-electron chi connectivity index (χ4n) is 2.86. The summed E-state index contributed by atoms with van der Waals surface area (Å²) in [6, 6.07) is 0.441. The van der Waals surface area contributed by atoms with E-state index < -0.39 is 0 Å². The Balaban J connectivity index is 3.08. The van der Waals surface area contributed by atoms with Gasteiger partial charge in [-0.15, -0.1) is 0 Å². The van der Waals surface area contributed by atoms with Crippen LogP contribution in [0.5, 0.6) is 0 Å². The molecule has 0 aromatic heterocycles. The van der Waals surface area contributed by atoms with Crippen molar-refractivity contribution in [3.63, 3.8) is 0 Å². The summed E-state index contributed by atoms with van der Waals surface area (Å²) >= 11 is 0. The molecule has 0 radical (unpaired) electrons. The van der Waals surface area contributed by atoms with Gasteiger partial charge in [0.25, 0.3) is 0 Å². The third-order valence-electron chi connectivity index (χ3n) is 4.61. The van der Waals surface area contributed by atoms with Crippen molar-refractivity contribution in [2.45, 2.75) is 123 Å². The van der Waals surface area contributed by atoms with E-state index in [2.05, 4.69) is 26.0 Å². The van der Waals surface area contributed by atoms with E-state index in [9.17, 15) is 0 Å². The molecule has 0 aliphatic rings. The van der Waals surface area contributed by atoms with Crippen molar-refractivity contribution in [2.24, 2.45) is 5.73 Å². The highest BCUT2D eigenvalue weighted by atomic mass is 14.6. The summed E-state index contributed by atoms with van der Waals surface area (Å²) in [5.41, 5.74) is 5.93. The molecule has 0 rings (SSSR count). The van der Waals surface area contributed by atoms with Crippen LogP contribution in [-0.4, -0.2) is 6.04 Å². The van der Waals surface area contributed by atoms with Gasteiger partial charge in [-0.1, -0.05) is 90.2 Å². The molecule has 0 amide bonds. The summed E-state index contributed by atoms with van der Waals surface area (Å²) in [7, 11) is 0. The van der Waals surface area contributed by atoms with Crippen LogP contribution in [0.15, 0.2) is 12.2 Å². The van der Waals surface area contributed by atoms with Gasteiger partial charge in [-0.3, -0.25) is 0 Å². The van der Waals surface area contributed by atoms with Crippen LogP contribution in [0.4, 0.5) is 0 Å². The first kappa shape index (κ1) is 21.7. The van der Waals surface area contributed by atoms with Crippen molar-refractivity contribution in [1.29, 1.82) is 0 Å². The minimum absolute atomic E-state index is 0.441. The minimum Gasteiger partial charge on any atom is -0.328 e. The highest BCUT2D eigenvalue weighted by molar-refractivity contribution is 4.81. The van der Waals surface area contributed by atoms with Gasteiger partial charge < -0.3 is 5.73 Å². The van der Waals surface area contributed by atoms with Gasteiger partial charge in [-0.2, -0.15) is 0 Å². The second-order valence-electron chi connectivity index (χ2n) is 6.89. The maximum Gasteiger partial charge on any atom is 0.00362 e. The van der Waals surface area contributed by atoms with Gasteiger partial charge in [0.05, 0.1) is 0 Å². The molecule has 0 saturated heterocycles. The zero-order valence-corrected chi connectivity index (χ0v) is 15.6. The van der Waals surface area contributed by atoms with E-state index >= 15 is 0 Å². The Labute approximate surface area is 141 Å². The van der Waals surface area contributed by atoms with Crippen molar-refractivity contribution in [1.82, 2.24) is 0 Å². The molecule has 1 unspecified atom stereocenters. The Morgan fingerprint density at radius 1 is 0.636 bits per heavy atom. The molecule has 0 bridgehead atoms. The van der Waals surface area contributed by atoms with Gasteiger partial charge in [0, 0.05) is 6.04 Å². The number of hydrogen-bond acceptors (Lipinski definition) is 1.